The summed E-state index contributed by atoms with van der Waals surface area (Å²) in [6.45, 7) is 0. The van der Waals surface area contributed by atoms with Crippen molar-refractivity contribution in [3.05, 3.63) is 35.9 Å². The van der Waals surface area contributed by atoms with E-state index in [-0.39, 0.29) is 5.56 Å². The van der Waals surface area contributed by atoms with Crippen molar-refractivity contribution in [3.63, 3.8) is 0 Å². The molecule has 0 amide bonds. The molecule has 0 aliphatic heterocycles. The van der Waals surface area contributed by atoms with Crippen LogP contribution in [0.5, 0.6) is 0 Å². The van der Waals surface area contributed by atoms with E-state index in [0.29, 0.717) is 0 Å². The highest BCUT2D eigenvalue weighted by Crippen LogP contribution is 2.44. The zero-order chi connectivity index (χ0) is 10.8. The fourth-order valence-corrected chi connectivity index (χ4v) is 1.24. The molecule has 0 N–H and O–H groups in total. The maximum absolute atomic E-state index is 13.7. The molecule has 0 bridgehead atoms. The Balaban J connectivity index is 3.15. The highest BCUT2D eigenvalue weighted by atomic mass is 35.5. The molecule has 1 aromatic carbocycles. The highest BCUT2D eigenvalue weighted by Gasteiger charge is 2.55. The lowest BCUT2D eigenvalue weighted by Gasteiger charge is -2.27. The third-order valence-electron chi connectivity index (χ3n) is 1.79. The van der Waals surface area contributed by atoms with Gasteiger partial charge in [-0.3, -0.25) is 0 Å². The Morgan fingerprint density at radius 1 is 1.14 bits per heavy atom. The van der Waals surface area contributed by atoms with Crippen molar-refractivity contribution in [2.24, 2.45) is 0 Å². The van der Waals surface area contributed by atoms with E-state index in [1.165, 1.54) is 24.3 Å². The van der Waals surface area contributed by atoms with Crippen LogP contribution in [-0.4, -0.2) is 12.5 Å². The number of hydrogen-bond acceptors (Lipinski definition) is 1. The molecule has 1 nitrogen and oxygen atoms in total. The number of hydrogen-bond donors (Lipinski definition) is 0. The molecule has 0 aliphatic carbocycles. The summed E-state index contributed by atoms with van der Waals surface area (Å²) in [5.74, 6) is -3.30. The first-order valence-corrected chi connectivity index (χ1v) is 4.16. The number of methoxy groups -OCH3 is 1. The molecule has 0 aromatic heterocycles. The first kappa shape index (κ1) is 11.3. The Hall–Kier alpha value is -0.740. The number of benzene rings is 1. The molecule has 0 fully saturated rings. The summed E-state index contributed by atoms with van der Waals surface area (Å²) in [4.78, 5) is 0. The molecule has 0 saturated heterocycles. The van der Waals surface area contributed by atoms with Crippen LogP contribution >= 0.6 is 11.6 Å². The summed E-state index contributed by atoms with van der Waals surface area (Å²) < 4.78 is 43.2. The van der Waals surface area contributed by atoms with Crippen LogP contribution in [0.4, 0.5) is 13.2 Å². The number of alkyl halides is 4. The van der Waals surface area contributed by atoms with Crippen LogP contribution in [0.2, 0.25) is 0 Å². The summed E-state index contributed by atoms with van der Waals surface area (Å²) in [5.41, 5.74) is -0.317. The molecule has 78 valence electrons. The maximum Gasteiger partial charge on any atom is 0.383 e. The third kappa shape index (κ3) is 1.86. The van der Waals surface area contributed by atoms with E-state index in [4.69, 9.17) is 0 Å². The van der Waals surface area contributed by atoms with E-state index < -0.39 is 11.2 Å². The van der Waals surface area contributed by atoms with Gasteiger partial charge in [-0.15, -0.1) is 0 Å². The first-order chi connectivity index (χ1) is 6.42. The molecule has 14 heavy (non-hydrogen) atoms. The van der Waals surface area contributed by atoms with Gasteiger partial charge in [0.2, 0.25) is 0 Å². The Bertz CT molecular complexity index is 299. The second kappa shape index (κ2) is 3.79. The molecule has 1 aromatic rings. The summed E-state index contributed by atoms with van der Waals surface area (Å²) in [6.07, 6.45) is 0. The van der Waals surface area contributed by atoms with Gasteiger partial charge in [0.15, 0.2) is 0 Å². The van der Waals surface area contributed by atoms with Crippen molar-refractivity contribution in [3.8, 4) is 0 Å². The quantitative estimate of drug-likeness (QED) is 0.716. The van der Waals surface area contributed by atoms with Crippen LogP contribution in [0, 0.1) is 0 Å². The van der Waals surface area contributed by atoms with Crippen molar-refractivity contribution in [1.29, 1.82) is 0 Å². The summed E-state index contributed by atoms with van der Waals surface area (Å²) in [6, 6.07) is 6.78. The van der Waals surface area contributed by atoms with Gasteiger partial charge in [0.1, 0.15) is 0 Å². The van der Waals surface area contributed by atoms with E-state index in [0.717, 1.165) is 7.11 Å². The molecular formula is C9H8ClF3O. The second-order valence-corrected chi connectivity index (χ2v) is 3.14. The Morgan fingerprint density at radius 3 is 2.00 bits per heavy atom. The van der Waals surface area contributed by atoms with Crippen LogP contribution in [0.3, 0.4) is 0 Å². The lowest BCUT2D eigenvalue weighted by Crippen LogP contribution is -2.38. The average Bonchev–Trinajstić information content (AvgIpc) is 2.16. The largest absolute Gasteiger partial charge is 0.383 e. The van der Waals surface area contributed by atoms with E-state index in [1.54, 1.807) is 6.07 Å². The molecule has 1 unspecified atom stereocenters. The fourth-order valence-electron chi connectivity index (χ4n) is 1.05. The van der Waals surface area contributed by atoms with Crippen molar-refractivity contribution < 1.29 is 17.9 Å². The second-order valence-electron chi connectivity index (χ2n) is 2.66. The fraction of sp³-hybridized carbons (Fsp3) is 0.333. The first-order valence-electron chi connectivity index (χ1n) is 3.78. The van der Waals surface area contributed by atoms with E-state index >= 15 is 0 Å². The third-order valence-corrected chi connectivity index (χ3v) is 2.03. The number of halogens is 4. The Labute approximate surface area is 84.4 Å². The summed E-state index contributed by atoms with van der Waals surface area (Å²) in [7, 11) is 0.837. The van der Waals surface area contributed by atoms with Crippen molar-refractivity contribution >= 4 is 11.6 Å². The normalized spacial score (nSPS) is 16.4. The summed E-state index contributed by atoms with van der Waals surface area (Å²) >= 11 is 4.64. The molecule has 0 aliphatic rings. The minimum absolute atomic E-state index is 0.317. The molecule has 1 atom stereocenters. The van der Waals surface area contributed by atoms with Gasteiger partial charge in [0.25, 0.3) is 0 Å². The van der Waals surface area contributed by atoms with Gasteiger partial charge in [0, 0.05) is 12.7 Å². The van der Waals surface area contributed by atoms with Gasteiger partial charge in [-0.25, -0.2) is 0 Å². The van der Waals surface area contributed by atoms with Crippen LogP contribution < -0.4 is 0 Å². The van der Waals surface area contributed by atoms with E-state index in [2.05, 4.69) is 16.3 Å². The van der Waals surface area contributed by atoms with Gasteiger partial charge < -0.3 is 4.74 Å². The standard InChI is InChI=1S/C9H8ClF3O/c1-14-8(11,9(10,12)13)7-5-3-2-4-6-7/h2-6H,1H3. The van der Waals surface area contributed by atoms with Crippen LogP contribution in [0.25, 0.3) is 0 Å². The molecule has 0 heterocycles. The lowest BCUT2D eigenvalue weighted by molar-refractivity contribution is -0.236. The van der Waals surface area contributed by atoms with Gasteiger partial charge in [-0.1, -0.05) is 30.3 Å². The zero-order valence-electron chi connectivity index (χ0n) is 7.31. The Kier molecular flexibility index (Phi) is 3.07. The Morgan fingerprint density at radius 2 is 1.64 bits per heavy atom. The molecule has 1 rings (SSSR count). The van der Waals surface area contributed by atoms with Gasteiger partial charge >= 0.3 is 11.2 Å². The molecular weight excluding hydrogens is 217 g/mol. The van der Waals surface area contributed by atoms with Crippen molar-refractivity contribution in [2.75, 3.05) is 7.11 Å². The zero-order valence-corrected chi connectivity index (χ0v) is 8.06. The van der Waals surface area contributed by atoms with Gasteiger partial charge in [-0.2, -0.15) is 13.2 Å². The minimum atomic E-state index is -4.11. The monoisotopic (exact) mass is 224 g/mol. The van der Waals surface area contributed by atoms with Crippen molar-refractivity contribution in [2.45, 2.75) is 11.2 Å². The predicted molar refractivity (Wildman–Crippen MR) is 47.0 cm³/mol. The average molecular weight is 225 g/mol. The van der Waals surface area contributed by atoms with Crippen LogP contribution in [-0.2, 0) is 10.6 Å². The van der Waals surface area contributed by atoms with Crippen molar-refractivity contribution in [1.82, 2.24) is 0 Å². The molecule has 5 heteroatoms. The number of ether oxygens (including phenoxy) is 1. The molecule has 0 radical (unpaired) electrons. The smallest absolute Gasteiger partial charge is 0.340 e. The van der Waals surface area contributed by atoms with Gasteiger partial charge in [0.05, 0.1) is 0 Å². The number of rotatable bonds is 3. The predicted octanol–water partition coefficient (Wildman–Crippen LogP) is 3.29. The van der Waals surface area contributed by atoms with E-state index in [1.807, 2.05) is 0 Å². The molecule has 0 saturated carbocycles. The minimum Gasteiger partial charge on any atom is -0.340 e. The SMILES string of the molecule is COC(F)(c1ccccc1)C(F)(F)Cl. The summed E-state index contributed by atoms with van der Waals surface area (Å²) in [5, 5.41) is -4.11. The lowest BCUT2D eigenvalue weighted by atomic mass is 10.1. The topological polar surface area (TPSA) is 9.23 Å². The van der Waals surface area contributed by atoms with Crippen LogP contribution in [0.1, 0.15) is 5.56 Å². The van der Waals surface area contributed by atoms with E-state index in [9.17, 15) is 13.2 Å². The highest BCUT2D eigenvalue weighted by molar-refractivity contribution is 6.22. The molecule has 0 spiro atoms. The maximum atomic E-state index is 13.7. The van der Waals surface area contributed by atoms with Gasteiger partial charge in [-0.05, 0) is 11.6 Å². The van der Waals surface area contributed by atoms with Crippen LogP contribution in [0.15, 0.2) is 30.3 Å².